The van der Waals surface area contributed by atoms with Crippen molar-refractivity contribution in [2.75, 3.05) is 33.0 Å². The summed E-state index contributed by atoms with van der Waals surface area (Å²) in [7, 11) is 5.85. The van der Waals surface area contributed by atoms with Gasteiger partial charge in [-0.2, -0.15) is 0 Å². The summed E-state index contributed by atoms with van der Waals surface area (Å²) in [6, 6.07) is 6.96. The normalized spacial score (nSPS) is 12.4. The van der Waals surface area contributed by atoms with Crippen molar-refractivity contribution >= 4 is 17.7 Å². The molecule has 0 saturated carbocycles. The molecule has 0 aliphatic rings. The fourth-order valence-electron chi connectivity index (χ4n) is 3.24. The van der Waals surface area contributed by atoms with Gasteiger partial charge in [-0.05, 0) is 30.5 Å². The minimum atomic E-state index is -1.17. The van der Waals surface area contributed by atoms with Crippen LogP contribution in [-0.4, -0.2) is 50.2 Å². The number of aliphatic carboxylic acids is 1. The first-order valence-corrected chi connectivity index (χ1v) is 10.4. The van der Waals surface area contributed by atoms with E-state index in [2.05, 4.69) is 17.6 Å². The van der Waals surface area contributed by atoms with Crippen molar-refractivity contribution in [3.8, 4) is 0 Å². The Bertz CT molecular complexity index is 594. The van der Waals surface area contributed by atoms with E-state index in [9.17, 15) is 14.7 Å². The lowest BCUT2D eigenvalue weighted by Gasteiger charge is -2.30. The molecule has 1 atom stereocenters. The Balaban J connectivity index is 2.44. The number of carboxylic acid groups (broad SMARTS) is 1. The summed E-state index contributed by atoms with van der Waals surface area (Å²) in [5, 5.41) is 16.5. The fourth-order valence-corrected chi connectivity index (χ4v) is 3.24. The number of benzene rings is 1. The average Bonchev–Trinajstić information content (AvgIpc) is 2.57. The van der Waals surface area contributed by atoms with E-state index in [-0.39, 0.29) is 6.42 Å². The van der Waals surface area contributed by atoms with Crippen LogP contribution in [0.2, 0.25) is 0 Å². The largest absolute Gasteiger partial charge is 0.550 e. The van der Waals surface area contributed by atoms with Crippen molar-refractivity contribution in [2.45, 2.75) is 64.3 Å². The van der Waals surface area contributed by atoms with Gasteiger partial charge in [0.15, 0.2) is 0 Å². The zero-order valence-electron chi connectivity index (χ0n) is 17.9. The number of carbonyl (C=O) groups excluding carboxylic acids is 2. The number of urea groups is 1. The molecule has 28 heavy (non-hydrogen) atoms. The number of hydrogen-bond acceptors (Lipinski definition) is 3. The van der Waals surface area contributed by atoms with Gasteiger partial charge in [0.1, 0.15) is 0 Å². The van der Waals surface area contributed by atoms with Crippen molar-refractivity contribution < 1.29 is 19.2 Å². The Morgan fingerprint density at radius 2 is 1.61 bits per heavy atom. The Hall–Kier alpha value is -2.08. The maximum atomic E-state index is 12.2. The molecule has 1 rings (SSSR count). The molecule has 0 radical (unpaired) electrons. The third-order valence-corrected chi connectivity index (χ3v) is 4.55. The average molecular weight is 392 g/mol. The van der Waals surface area contributed by atoms with Crippen LogP contribution in [0, 0.1) is 0 Å². The molecule has 2 N–H and O–H groups in total. The summed E-state index contributed by atoms with van der Waals surface area (Å²) >= 11 is 0. The number of hydrogen-bond donors (Lipinski definition) is 2. The van der Waals surface area contributed by atoms with Crippen molar-refractivity contribution in [3.05, 3.63) is 29.8 Å². The fraction of sp³-hybridized carbons (Fsp3) is 0.636. The molecule has 1 unspecified atom stereocenters. The molecule has 158 valence electrons. The quantitative estimate of drug-likeness (QED) is 0.401. The van der Waals surface area contributed by atoms with Gasteiger partial charge in [-0.15, -0.1) is 0 Å². The number of nitrogens with one attached hydrogen (secondary N) is 2. The molecular formula is C22H37N3O3. The Labute approximate surface area is 169 Å². The van der Waals surface area contributed by atoms with Crippen molar-refractivity contribution in [3.63, 3.8) is 0 Å². The highest BCUT2D eigenvalue weighted by Gasteiger charge is 2.20. The molecular weight excluding hydrogens is 354 g/mol. The SMILES string of the molecule is CCCCCCCCc1ccc(NC(=O)NC(CC(=O)[O-])C[N+](C)(C)C)cc1. The first-order valence-electron chi connectivity index (χ1n) is 10.4. The summed E-state index contributed by atoms with van der Waals surface area (Å²) in [4.78, 5) is 23.2. The standard InChI is InChI=1S/C22H37N3O3/c1-5-6-7-8-9-10-11-18-12-14-19(15-13-18)23-22(28)24-20(16-21(26)27)17-25(2,3)4/h12-15,20H,5-11,16-17H2,1-4H3,(H2-,23,24,26,27,28). The van der Waals surface area contributed by atoms with E-state index in [4.69, 9.17) is 0 Å². The first-order chi connectivity index (χ1) is 13.2. The minimum Gasteiger partial charge on any atom is -0.550 e. The molecule has 0 spiro atoms. The van der Waals surface area contributed by atoms with Crippen molar-refractivity contribution in [1.82, 2.24) is 5.32 Å². The number of unbranched alkanes of at least 4 members (excludes halogenated alkanes) is 5. The van der Waals surface area contributed by atoms with Crippen LogP contribution in [-0.2, 0) is 11.2 Å². The van der Waals surface area contributed by atoms with Gasteiger partial charge in [0.2, 0.25) is 0 Å². The first kappa shape index (κ1) is 24.0. The van der Waals surface area contributed by atoms with Gasteiger partial charge >= 0.3 is 6.03 Å². The van der Waals surface area contributed by atoms with Gasteiger partial charge in [-0.1, -0.05) is 51.2 Å². The summed E-state index contributed by atoms with van der Waals surface area (Å²) in [5.74, 6) is -1.17. The molecule has 2 amide bonds. The van der Waals surface area contributed by atoms with Crippen molar-refractivity contribution in [2.24, 2.45) is 0 Å². The van der Waals surface area contributed by atoms with Crippen LogP contribution in [0.4, 0.5) is 10.5 Å². The minimum absolute atomic E-state index is 0.208. The second-order valence-corrected chi connectivity index (χ2v) is 8.56. The van der Waals surface area contributed by atoms with Gasteiger partial charge in [0, 0.05) is 18.1 Å². The van der Waals surface area contributed by atoms with E-state index in [0.29, 0.717) is 16.7 Å². The summed E-state index contributed by atoms with van der Waals surface area (Å²) in [5.41, 5.74) is 1.96. The van der Waals surface area contributed by atoms with E-state index in [1.807, 2.05) is 45.4 Å². The zero-order chi connectivity index (χ0) is 21.0. The summed E-state index contributed by atoms with van der Waals surface area (Å²) in [6.45, 7) is 2.72. The predicted octanol–water partition coefficient (Wildman–Crippen LogP) is 2.93. The third-order valence-electron chi connectivity index (χ3n) is 4.55. The number of likely N-dealkylation sites (N-methyl/N-ethyl adjacent to an activating group) is 1. The molecule has 1 aromatic rings. The highest BCUT2D eigenvalue weighted by molar-refractivity contribution is 5.89. The second kappa shape index (κ2) is 12.4. The molecule has 0 aromatic heterocycles. The highest BCUT2D eigenvalue weighted by atomic mass is 16.4. The van der Waals surface area contributed by atoms with Crippen LogP contribution in [0.5, 0.6) is 0 Å². The molecule has 6 nitrogen and oxygen atoms in total. The number of aryl methyl sites for hydroxylation is 1. The summed E-state index contributed by atoms with van der Waals surface area (Å²) in [6.07, 6.45) is 8.50. The smallest absolute Gasteiger partial charge is 0.319 e. The van der Waals surface area contributed by atoms with Crippen LogP contribution in [0.25, 0.3) is 0 Å². The maximum absolute atomic E-state index is 12.2. The highest BCUT2D eigenvalue weighted by Crippen LogP contribution is 2.13. The number of anilines is 1. The van der Waals surface area contributed by atoms with E-state index in [0.717, 1.165) is 6.42 Å². The molecule has 0 bridgehead atoms. The molecule has 0 saturated heterocycles. The van der Waals surface area contributed by atoms with Crippen molar-refractivity contribution in [1.29, 1.82) is 0 Å². The van der Waals surface area contributed by atoms with Crippen LogP contribution in [0.3, 0.4) is 0 Å². The lowest BCUT2D eigenvalue weighted by Crippen LogP contribution is -2.51. The van der Waals surface area contributed by atoms with Gasteiger partial charge in [-0.3, -0.25) is 0 Å². The summed E-state index contributed by atoms with van der Waals surface area (Å²) < 4.78 is 0.547. The van der Waals surface area contributed by atoms with Crippen LogP contribution in [0.1, 0.15) is 57.4 Å². The monoisotopic (exact) mass is 391 g/mol. The topological polar surface area (TPSA) is 81.3 Å². The molecule has 0 aliphatic carbocycles. The Morgan fingerprint density at radius 1 is 1.00 bits per heavy atom. The Kier molecular flexibility index (Phi) is 10.6. The molecule has 6 heteroatoms. The van der Waals surface area contributed by atoms with E-state index in [1.54, 1.807) is 0 Å². The zero-order valence-corrected chi connectivity index (χ0v) is 17.9. The van der Waals surface area contributed by atoms with Crippen LogP contribution < -0.4 is 15.7 Å². The van der Waals surface area contributed by atoms with Gasteiger partial charge < -0.3 is 25.0 Å². The lowest BCUT2D eigenvalue weighted by molar-refractivity contribution is -0.871. The molecule has 0 fully saturated rings. The maximum Gasteiger partial charge on any atom is 0.319 e. The van der Waals surface area contributed by atoms with Gasteiger partial charge in [0.05, 0.1) is 33.7 Å². The van der Waals surface area contributed by atoms with Crippen LogP contribution >= 0.6 is 0 Å². The third kappa shape index (κ3) is 11.6. The predicted molar refractivity (Wildman–Crippen MR) is 112 cm³/mol. The number of nitrogens with zero attached hydrogens (tertiary/aromatic N) is 1. The van der Waals surface area contributed by atoms with Gasteiger partial charge in [0.25, 0.3) is 0 Å². The van der Waals surface area contributed by atoms with Gasteiger partial charge in [-0.25, -0.2) is 4.79 Å². The van der Waals surface area contributed by atoms with E-state index < -0.39 is 18.0 Å². The number of carboxylic acids is 1. The number of quaternary nitrogens is 1. The lowest BCUT2D eigenvalue weighted by atomic mass is 10.0. The second-order valence-electron chi connectivity index (χ2n) is 8.56. The van der Waals surface area contributed by atoms with E-state index >= 15 is 0 Å². The number of carbonyl (C=O) groups is 2. The molecule has 0 aliphatic heterocycles. The van der Waals surface area contributed by atoms with Crippen LogP contribution in [0.15, 0.2) is 24.3 Å². The number of rotatable bonds is 13. The number of amides is 2. The Morgan fingerprint density at radius 3 is 2.18 bits per heavy atom. The van der Waals surface area contributed by atoms with E-state index in [1.165, 1.54) is 44.1 Å². The molecule has 1 aromatic carbocycles. The molecule has 0 heterocycles.